The van der Waals surface area contributed by atoms with E-state index in [-0.39, 0.29) is 6.10 Å². The highest BCUT2D eigenvalue weighted by molar-refractivity contribution is 6.42. The molecule has 0 N–H and O–H groups in total. The molecule has 0 aliphatic carbocycles. The van der Waals surface area contributed by atoms with E-state index in [9.17, 15) is 0 Å². The SMILES string of the molecule is Clc1ccc(C2CN(c3ccc(-c4ccccc4)nn3)CCO2)cc1Cl. The Hall–Kier alpha value is -2.14. The van der Waals surface area contributed by atoms with Gasteiger partial charge in [-0.3, -0.25) is 0 Å². The normalized spacial score (nSPS) is 17.3. The zero-order chi connectivity index (χ0) is 17.9. The second-order valence-electron chi connectivity index (χ2n) is 6.12. The van der Waals surface area contributed by atoms with Crippen LogP contribution < -0.4 is 4.90 Å². The van der Waals surface area contributed by atoms with Crippen molar-refractivity contribution in [2.24, 2.45) is 0 Å². The molecule has 0 spiro atoms. The van der Waals surface area contributed by atoms with Gasteiger partial charge in [0.15, 0.2) is 5.82 Å². The van der Waals surface area contributed by atoms with Crippen molar-refractivity contribution in [1.82, 2.24) is 10.2 Å². The molecule has 1 aliphatic rings. The number of aromatic nitrogens is 2. The summed E-state index contributed by atoms with van der Waals surface area (Å²) < 4.78 is 5.91. The first-order valence-electron chi connectivity index (χ1n) is 8.41. The van der Waals surface area contributed by atoms with Crippen LogP contribution in [0.1, 0.15) is 11.7 Å². The van der Waals surface area contributed by atoms with E-state index in [1.54, 1.807) is 6.07 Å². The van der Waals surface area contributed by atoms with Crippen LogP contribution in [0.3, 0.4) is 0 Å². The number of hydrogen-bond donors (Lipinski definition) is 0. The molecule has 6 heteroatoms. The summed E-state index contributed by atoms with van der Waals surface area (Å²) in [5.74, 6) is 0.845. The Bertz CT molecular complexity index is 887. The van der Waals surface area contributed by atoms with Crippen LogP contribution in [-0.4, -0.2) is 29.9 Å². The average Bonchev–Trinajstić information content (AvgIpc) is 2.71. The van der Waals surface area contributed by atoms with Gasteiger partial charge in [0.25, 0.3) is 0 Å². The highest BCUT2D eigenvalue weighted by Crippen LogP contribution is 2.30. The minimum atomic E-state index is -0.0749. The molecule has 2 heterocycles. The van der Waals surface area contributed by atoms with E-state index < -0.39 is 0 Å². The van der Waals surface area contributed by atoms with Crippen LogP contribution in [0.15, 0.2) is 60.7 Å². The Morgan fingerprint density at radius 1 is 0.923 bits per heavy atom. The first-order chi connectivity index (χ1) is 12.7. The van der Waals surface area contributed by atoms with Crippen LogP contribution in [-0.2, 0) is 4.74 Å². The topological polar surface area (TPSA) is 38.2 Å². The van der Waals surface area contributed by atoms with Gasteiger partial charge in [0.05, 0.1) is 22.3 Å². The number of morpholine rings is 1. The van der Waals surface area contributed by atoms with E-state index in [0.717, 1.165) is 29.2 Å². The quantitative estimate of drug-likeness (QED) is 0.633. The zero-order valence-corrected chi connectivity index (χ0v) is 15.5. The van der Waals surface area contributed by atoms with E-state index in [1.807, 2.05) is 54.6 Å². The number of rotatable bonds is 3. The summed E-state index contributed by atoms with van der Waals surface area (Å²) in [5, 5.41) is 9.87. The Morgan fingerprint density at radius 3 is 2.50 bits per heavy atom. The Morgan fingerprint density at radius 2 is 1.77 bits per heavy atom. The molecule has 1 aromatic heterocycles. The molecule has 4 nitrogen and oxygen atoms in total. The number of ether oxygens (including phenoxy) is 1. The largest absolute Gasteiger partial charge is 0.370 e. The van der Waals surface area contributed by atoms with Crippen LogP contribution in [0.4, 0.5) is 5.82 Å². The molecule has 1 unspecified atom stereocenters. The number of halogens is 2. The molecule has 1 aliphatic heterocycles. The van der Waals surface area contributed by atoms with Crippen molar-refractivity contribution < 1.29 is 4.74 Å². The minimum absolute atomic E-state index is 0.0749. The highest BCUT2D eigenvalue weighted by atomic mass is 35.5. The van der Waals surface area contributed by atoms with Crippen molar-refractivity contribution in [1.29, 1.82) is 0 Å². The van der Waals surface area contributed by atoms with Crippen LogP contribution in [0.25, 0.3) is 11.3 Å². The molecule has 1 saturated heterocycles. The molecule has 132 valence electrons. The molecule has 4 rings (SSSR count). The predicted molar refractivity (Wildman–Crippen MR) is 105 cm³/mol. The second kappa shape index (κ2) is 7.62. The molecule has 0 saturated carbocycles. The summed E-state index contributed by atoms with van der Waals surface area (Å²) in [6, 6.07) is 19.7. The van der Waals surface area contributed by atoms with Crippen LogP contribution in [0.2, 0.25) is 10.0 Å². The molecule has 0 bridgehead atoms. The van der Waals surface area contributed by atoms with Gasteiger partial charge in [-0.15, -0.1) is 10.2 Å². The summed E-state index contributed by atoms with van der Waals surface area (Å²) in [6.45, 7) is 2.08. The molecule has 2 aromatic carbocycles. The zero-order valence-electron chi connectivity index (χ0n) is 14.0. The van der Waals surface area contributed by atoms with Gasteiger partial charge in [0.2, 0.25) is 0 Å². The first kappa shape index (κ1) is 17.3. The van der Waals surface area contributed by atoms with Crippen molar-refractivity contribution in [3.63, 3.8) is 0 Å². The highest BCUT2D eigenvalue weighted by Gasteiger charge is 2.23. The third-order valence-electron chi connectivity index (χ3n) is 4.43. The van der Waals surface area contributed by atoms with Gasteiger partial charge in [0, 0.05) is 18.7 Å². The number of nitrogens with zero attached hydrogens (tertiary/aromatic N) is 3. The fourth-order valence-corrected chi connectivity index (χ4v) is 3.33. The first-order valence-corrected chi connectivity index (χ1v) is 9.17. The maximum absolute atomic E-state index is 6.14. The fourth-order valence-electron chi connectivity index (χ4n) is 3.03. The van der Waals surface area contributed by atoms with Crippen molar-refractivity contribution in [2.45, 2.75) is 6.10 Å². The van der Waals surface area contributed by atoms with E-state index in [1.165, 1.54) is 0 Å². The summed E-state index contributed by atoms with van der Waals surface area (Å²) in [5.41, 5.74) is 2.93. The molecule has 1 atom stereocenters. The van der Waals surface area contributed by atoms with Gasteiger partial charge in [0.1, 0.15) is 6.10 Å². The van der Waals surface area contributed by atoms with Crippen LogP contribution >= 0.6 is 23.2 Å². The van der Waals surface area contributed by atoms with Gasteiger partial charge >= 0.3 is 0 Å². The predicted octanol–water partition coefficient (Wildman–Crippen LogP) is 5.03. The van der Waals surface area contributed by atoms with Gasteiger partial charge in [-0.2, -0.15) is 0 Å². The second-order valence-corrected chi connectivity index (χ2v) is 6.94. The average molecular weight is 386 g/mol. The number of benzene rings is 2. The molecule has 26 heavy (non-hydrogen) atoms. The lowest BCUT2D eigenvalue weighted by molar-refractivity contribution is 0.0395. The standard InChI is InChI=1S/C20H17Cl2N3O/c21-16-7-6-15(12-17(16)22)19-13-25(10-11-26-19)20-9-8-18(23-24-20)14-4-2-1-3-5-14/h1-9,12,19H,10-11,13H2. The van der Waals surface area contributed by atoms with Gasteiger partial charge in [-0.25, -0.2) is 0 Å². The summed E-state index contributed by atoms with van der Waals surface area (Å²) in [7, 11) is 0. The maximum Gasteiger partial charge on any atom is 0.151 e. The third kappa shape index (κ3) is 3.68. The maximum atomic E-state index is 6.14. The number of hydrogen-bond acceptors (Lipinski definition) is 4. The van der Waals surface area contributed by atoms with Gasteiger partial charge < -0.3 is 9.64 Å². The minimum Gasteiger partial charge on any atom is -0.370 e. The molecular formula is C20H17Cl2N3O. The van der Waals surface area contributed by atoms with Crippen LogP contribution in [0, 0.1) is 0 Å². The molecule has 0 amide bonds. The lowest BCUT2D eigenvalue weighted by atomic mass is 10.1. The Balaban J connectivity index is 1.51. The van der Waals surface area contributed by atoms with Crippen molar-refractivity contribution in [3.05, 3.63) is 76.3 Å². The van der Waals surface area contributed by atoms with E-state index >= 15 is 0 Å². The summed E-state index contributed by atoms with van der Waals surface area (Å²) in [6.07, 6.45) is -0.0749. The van der Waals surface area contributed by atoms with Crippen molar-refractivity contribution in [2.75, 3.05) is 24.6 Å². The van der Waals surface area contributed by atoms with Crippen molar-refractivity contribution >= 4 is 29.0 Å². The van der Waals surface area contributed by atoms with E-state index in [0.29, 0.717) is 23.2 Å². The lowest BCUT2D eigenvalue weighted by Crippen LogP contribution is -2.39. The molecule has 1 fully saturated rings. The van der Waals surface area contributed by atoms with E-state index in [2.05, 4.69) is 15.1 Å². The smallest absolute Gasteiger partial charge is 0.151 e. The van der Waals surface area contributed by atoms with Crippen molar-refractivity contribution in [3.8, 4) is 11.3 Å². The van der Waals surface area contributed by atoms with E-state index in [4.69, 9.17) is 27.9 Å². The third-order valence-corrected chi connectivity index (χ3v) is 5.16. The van der Waals surface area contributed by atoms with Gasteiger partial charge in [-0.1, -0.05) is 59.6 Å². The monoisotopic (exact) mass is 385 g/mol. The van der Waals surface area contributed by atoms with Crippen LogP contribution in [0.5, 0.6) is 0 Å². The lowest BCUT2D eigenvalue weighted by Gasteiger charge is -2.33. The summed E-state index contributed by atoms with van der Waals surface area (Å²) >= 11 is 12.1. The Labute approximate surface area is 162 Å². The number of anilines is 1. The summed E-state index contributed by atoms with van der Waals surface area (Å²) in [4.78, 5) is 2.18. The molecule has 0 radical (unpaired) electrons. The fraction of sp³-hybridized carbons (Fsp3) is 0.200. The van der Waals surface area contributed by atoms with Gasteiger partial charge in [-0.05, 0) is 29.8 Å². The molecular weight excluding hydrogens is 369 g/mol. The molecule has 3 aromatic rings. The Kier molecular flexibility index (Phi) is 5.07.